The van der Waals surface area contributed by atoms with Crippen LogP contribution in [0.2, 0.25) is 0 Å². The summed E-state index contributed by atoms with van der Waals surface area (Å²) in [4.78, 5) is 2.01. The third kappa shape index (κ3) is 4.04. The molecule has 1 aliphatic rings. The number of alkyl halides is 3. The van der Waals surface area contributed by atoms with Crippen molar-refractivity contribution in [3.63, 3.8) is 0 Å². The standard InChI is InChI=1S/C11H17F3N4S/c1-2-15-10-17-16-9(19-10)7-18-5-3-8(4-6-18)11(12,13)14/h8H,2-7H2,1H3,(H,15,17). The highest BCUT2D eigenvalue weighted by Crippen LogP contribution is 2.34. The van der Waals surface area contributed by atoms with E-state index in [9.17, 15) is 13.2 Å². The van der Waals surface area contributed by atoms with E-state index in [1.54, 1.807) is 0 Å². The van der Waals surface area contributed by atoms with E-state index >= 15 is 0 Å². The van der Waals surface area contributed by atoms with Crippen molar-refractivity contribution in [1.82, 2.24) is 15.1 Å². The second-order valence-corrected chi connectivity index (χ2v) is 5.69. The van der Waals surface area contributed by atoms with Gasteiger partial charge in [0.05, 0.1) is 12.5 Å². The van der Waals surface area contributed by atoms with Gasteiger partial charge in [0, 0.05) is 6.54 Å². The lowest BCUT2D eigenvalue weighted by molar-refractivity contribution is -0.185. The molecule has 0 bridgehead atoms. The number of rotatable bonds is 4. The van der Waals surface area contributed by atoms with Crippen LogP contribution in [0.4, 0.5) is 18.3 Å². The van der Waals surface area contributed by atoms with Crippen LogP contribution < -0.4 is 5.32 Å². The Morgan fingerprint density at radius 1 is 1.32 bits per heavy atom. The van der Waals surface area contributed by atoms with Crippen LogP contribution in [-0.2, 0) is 6.54 Å². The summed E-state index contributed by atoms with van der Waals surface area (Å²) in [5.74, 6) is -1.14. The molecule has 0 atom stereocenters. The number of hydrogen-bond donors (Lipinski definition) is 1. The van der Waals surface area contributed by atoms with Crippen molar-refractivity contribution in [1.29, 1.82) is 0 Å². The van der Waals surface area contributed by atoms with Crippen LogP contribution in [0.3, 0.4) is 0 Å². The monoisotopic (exact) mass is 294 g/mol. The van der Waals surface area contributed by atoms with E-state index < -0.39 is 12.1 Å². The first-order valence-corrected chi connectivity index (χ1v) is 7.16. The molecule has 1 N–H and O–H groups in total. The largest absolute Gasteiger partial charge is 0.391 e. The third-order valence-electron chi connectivity index (χ3n) is 3.20. The second-order valence-electron chi connectivity index (χ2n) is 4.62. The number of aromatic nitrogens is 2. The van der Waals surface area contributed by atoms with Gasteiger partial charge in [-0.05, 0) is 32.9 Å². The molecule has 2 heterocycles. The molecule has 4 nitrogen and oxygen atoms in total. The molecule has 0 aromatic carbocycles. The van der Waals surface area contributed by atoms with E-state index in [1.807, 2.05) is 11.8 Å². The van der Waals surface area contributed by atoms with Gasteiger partial charge in [-0.1, -0.05) is 11.3 Å². The van der Waals surface area contributed by atoms with Gasteiger partial charge in [0.25, 0.3) is 0 Å². The van der Waals surface area contributed by atoms with Crippen molar-refractivity contribution in [3.05, 3.63) is 5.01 Å². The predicted octanol–water partition coefficient (Wildman–Crippen LogP) is 2.74. The van der Waals surface area contributed by atoms with E-state index in [2.05, 4.69) is 15.5 Å². The first-order valence-electron chi connectivity index (χ1n) is 6.34. The Bertz CT molecular complexity index is 399. The molecule has 0 unspecified atom stereocenters. The molecule has 0 spiro atoms. The summed E-state index contributed by atoms with van der Waals surface area (Å²) < 4.78 is 37.6. The number of likely N-dealkylation sites (tertiary alicyclic amines) is 1. The third-order valence-corrected chi connectivity index (χ3v) is 4.07. The second kappa shape index (κ2) is 6.04. The molecule has 108 valence electrons. The summed E-state index contributed by atoms with van der Waals surface area (Å²) in [5, 5.41) is 12.7. The number of piperidine rings is 1. The average molecular weight is 294 g/mol. The molecule has 1 aliphatic heterocycles. The number of hydrogen-bond acceptors (Lipinski definition) is 5. The Labute approximate surface area is 114 Å². The average Bonchev–Trinajstić information content (AvgIpc) is 2.77. The quantitative estimate of drug-likeness (QED) is 0.927. The van der Waals surface area contributed by atoms with Crippen molar-refractivity contribution >= 4 is 16.5 Å². The van der Waals surface area contributed by atoms with Gasteiger partial charge in [0.2, 0.25) is 5.13 Å². The van der Waals surface area contributed by atoms with Crippen molar-refractivity contribution in [3.8, 4) is 0 Å². The fraction of sp³-hybridized carbons (Fsp3) is 0.818. The van der Waals surface area contributed by atoms with Crippen LogP contribution in [0.15, 0.2) is 0 Å². The number of nitrogens with zero attached hydrogens (tertiary/aromatic N) is 3. The lowest BCUT2D eigenvalue weighted by atomic mass is 9.96. The zero-order valence-corrected chi connectivity index (χ0v) is 11.5. The summed E-state index contributed by atoms with van der Waals surface area (Å²) in [6.45, 7) is 4.29. The summed E-state index contributed by atoms with van der Waals surface area (Å²) in [6, 6.07) is 0. The van der Waals surface area contributed by atoms with Crippen molar-refractivity contribution in [2.45, 2.75) is 32.5 Å². The minimum absolute atomic E-state index is 0.183. The zero-order chi connectivity index (χ0) is 13.9. The van der Waals surface area contributed by atoms with E-state index in [1.165, 1.54) is 11.3 Å². The highest BCUT2D eigenvalue weighted by atomic mass is 32.1. The molecule has 2 rings (SSSR count). The molecule has 1 fully saturated rings. The number of nitrogens with one attached hydrogen (secondary N) is 1. The topological polar surface area (TPSA) is 41.1 Å². The van der Waals surface area contributed by atoms with Gasteiger partial charge in [0.15, 0.2) is 0 Å². The SMILES string of the molecule is CCNc1nnc(CN2CCC(C(F)(F)F)CC2)s1. The molecule has 8 heteroatoms. The molecule has 0 amide bonds. The van der Waals surface area contributed by atoms with Gasteiger partial charge in [-0.2, -0.15) is 13.2 Å². The Kier molecular flexibility index (Phi) is 4.62. The molecule has 1 aromatic heterocycles. The molecular formula is C11H17F3N4S. The molecular weight excluding hydrogens is 277 g/mol. The zero-order valence-electron chi connectivity index (χ0n) is 10.7. The summed E-state index contributed by atoms with van der Waals surface area (Å²) in [7, 11) is 0. The van der Waals surface area contributed by atoms with Gasteiger partial charge in [-0.25, -0.2) is 0 Å². The maximum absolute atomic E-state index is 12.5. The highest BCUT2D eigenvalue weighted by Gasteiger charge is 2.41. The summed E-state index contributed by atoms with van der Waals surface area (Å²) >= 11 is 1.46. The van der Waals surface area contributed by atoms with Crippen molar-refractivity contribution in [2.24, 2.45) is 5.92 Å². The lowest BCUT2D eigenvalue weighted by Crippen LogP contribution is -2.38. The van der Waals surface area contributed by atoms with Gasteiger partial charge < -0.3 is 5.32 Å². The number of anilines is 1. The molecule has 0 aliphatic carbocycles. The van der Waals surface area contributed by atoms with Gasteiger partial charge in [-0.15, -0.1) is 10.2 Å². The molecule has 0 radical (unpaired) electrons. The van der Waals surface area contributed by atoms with Crippen molar-refractivity contribution < 1.29 is 13.2 Å². The van der Waals surface area contributed by atoms with E-state index in [4.69, 9.17) is 0 Å². The minimum Gasteiger partial charge on any atom is -0.360 e. The van der Waals surface area contributed by atoms with Crippen LogP contribution >= 0.6 is 11.3 Å². The van der Waals surface area contributed by atoms with Crippen molar-refractivity contribution in [2.75, 3.05) is 25.0 Å². The van der Waals surface area contributed by atoms with E-state index in [0.29, 0.717) is 19.6 Å². The number of halogens is 3. The Morgan fingerprint density at radius 2 is 2.00 bits per heavy atom. The smallest absolute Gasteiger partial charge is 0.360 e. The Morgan fingerprint density at radius 3 is 2.58 bits per heavy atom. The van der Waals surface area contributed by atoms with Crippen LogP contribution in [0.1, 0.15) is 24.8 Å². The van der Waals surface area contributed by atoms with E-state index in [0.717, 1.165) is 16.7 Å². The van der Waals surface area contributed by atoms with Gasteiger partial charge in [0.1, 0.15) is 5.01 Å². The highest BCUT2D eigenvalue weighted by molar-refractivity contribution is 7.15. The van der Waals surface area contributed by atoms with Gasteiger partial charge >= 0.3 is 6.18 Å². The Hall–Kier alpha value is -0.890. The lowest BCUT2D eigenvalue weighted by Gasteiger charge is -2.32. The minimum atomic E-state index is -4.05. The van der Waals surface area contributed by atoms with Crippen LogP contribution in [0, 0.1) is 5.92 Å². The fourth-order valence-corrected chi connectivity index (χ4v) is 3.00. The first-order chi connectivity index (χ1) is 8.99. The molecule has 1 saturated heterocycles. The van der Waals surface area contributed by atoms with Crippen LogP contribution in [0.5, 0.6) is 0 Å². The van der Waals surface area contributed by atoms with Crippen LogP contribution in [-0.4, -0.2) is 40.9 Å². The Balaban J connectivity index is 1.82. The maximum atomic E-state index is 12.5. The summed E-state index contributed by atoms with van der Waals surface area (Å²) in [6.07, 6.45) is -3.68. The molecule has 0 saturated carbocycles. The predicted molar refractivity (Wildman–Crippen MR) is 68.1 cm³/mol. The van der Waals surface area contributed by atoms with E-state index in [-0.39, 0.29) is 12.8 Å². The van der Waals surface area contributed by atoms with Crippen LogP contribution in [0.25, 0.3) is 0 Å². The maximum Gasteiger partial charge on any atom is 0.391 e. The van der Waals surface area contributed by atoms with Gasteiger partial charge in [-0.3, -0.25) is 4.90 Å². The first kappa shape index (κ1) is 14.5. The molecule has 19 heavy (non-hydrogen) atoms. The normalized spacial score (nSPS) is 18.7. The fourth-order valence-electron chi connectivity index (χ4n) is 2.15. The summed E-state index contributed by atoms with van der Waals surface area (Å²) in [5.41, 5.74) is 0. The molecule has 1 aromatic rings.